The molecule has 0 bridgehead atoms. The molecule has 10 heteroatoms. The van der Waals surface area contributed by atoms with Gasteiger partial charge in [0, 0.05) is 12.6 Å². The Morgan fingerprint density at radius 3 is 2.88 bits per heavy atom. The average molecular weight is 459 g/mol. The van der Waals surface area contributed by atoms with E-state index in [1.54, 1.807) is 6.07 Å². The van der Waals surface area contributed by atoms with E-state index in [2.05, 4.69) is 30.5 Å². The number of benzene rings is 1. The molecule has 170 valence electrons. The summed E-state index contributed by atoms with van der Waals surface area (Å²) in [6.45, 7) is 7.64. The predicted molar refractivity (Wildman–Crippen MR) is 123 cm³/mol. The first-order chi connectivity index (χ1) is 15.5. The smallest absolute Gasteiger partial charge is 0.280 e. The van der Waals surface area contributed by atoms with Crippen LogP contribution in [0.25, 0.3) is 10.3 Å². The minimum atomic E-state index is -0.392. The molecule has 0 atom stereocenters. The number of hydrogen-bond donors (Lipinski definition) is 2. The molecule has 2 N–H and O–H groups in total. The van der Waals surface area contributed by atoms with Gasteiger partial charge in [0.15, 0.2) is 10.8 Å². The van der Waals surface area contributed by atoms with Crippen LogP contribution < -0.4 is 15.4 Å². The summed E-state index contributed by atoms with van der Waals surface area (Å²) in [5, 5.41) is 6.43. The zero-order valence-electron chi connectivity index (χ0n) is 18.2. The number of rotatable bonds is 9. The van der Waals surface area contributed by atoms with Crippen LogP contribution in [-0.4, -0.2) is 58.0 Å². The summed E-state index contributed by atoms with van der Waals surface area (Å²) in [4.78, 5) is 28.6. The Morgan fingerprint density at radius 2 is 2.09 bits per heavy atom. The lowest BCUT2D eigenvalue weighted by Crippen LogP contribution is -2.28. The Balaban J connectivity index is 1.46. The SMILES string of the molecule is CC(C)Oc1cc(F)ccc1Nc1ncnc2sc(C(=O)NCCCN3CCCC3)nc12. The van der Waals surface area contributed by atoms with Crippen molar-refractivity contribution >= 4 is 39.1 Å². The van der Waals surface area contributed by atoms with Crippen LogP contribution in [0, 0.1) is 5.82 Å². The zero-order chi connectivity index (χ0) is 22.5. The Kier molecular flexibility index (Phi) is 7.11. The molecule has 4 rings (SSSR count). The van der Waals surface area contributed by atoms with Crippen LogP contribution in [0.3, 0.4) is 0 Å². The molecular weight excluding hydrogens is 431 g/mol. The van der Waals surface area contributed by atoms with Crippen molar-refractivity contribution in [2.45, 2.75) is 39.2 Å². The van der Waals surface area contributed by atoms with Crippen molar-refractivity contribution in [2.24, 2.45) is 0 Å². The van der Waals surface area contributed by atoms with E-state index >= 15 is 0 Å². The molecule has 1 fully saturated rings. The van der Waals surface area contributed by atoms with Gasteiger partial charge in [0.1, 0.15) is 28.2 Å². The molecule has 0 spiro atoms. The minimum Gasteiger partial charge on any atom is -0.489 e. The van der Waals surface area contributed by atoms with Crippen molar-refractivity contribution in [3.63, 3.8) is 0 Å². The molecule has 2 aromatic heterocycles. The van der Waals surface area contributed by atoms with E-state index in [1.165, 1.54) is 42.6 Å². The van der Waals surface area contributed by atoms with Gasteiger partial charge in [-0.2, -0.15) is 0 Å². The largest absolute Gasteiger partial charge is 0.489 e. The fourth-order valence-corrected chi connectivity index (χ4v) is 4.43. The van der Waals surface area contributed by atoms with Gasteiger partial charge in [-0.3, -0.25) is 4.79 Å². The van der Waals surface area contributed by atoms with Gasteiger partial charge in [-0.05, 0) is 64.9 Å². The average Bonchev–Trinajstić information content (AvgIpc) is 3.43. The van der Waals surface area contributed by atoms with E-state index in [-0.39, 0.29) is 12.0 Å². The number of nitrogens with zero attached hydrogens (tertiary/aromatic N) is 4. The first-order valence-electron chi connectivity index (χ1n) is 10.8. The van der Waals surface area contributed by atoms with Gasteiger partial charge in [0.25, 0.3) is 5.91 Å². The molecule has 0 aliphatic carbocycles. The highest BCUT2D eigenvalue weighted by Gasteiger charge is 2.18. The van der Waals surface area contributed by atoms with Gasteiger partial charge in [-0.25, -0.2) is 19.3 Å². The molecule has 1 aliphatic heterocycles. The van der Waals surface area contributed by atoms with Gasteiger partial charge < -0.3 is 20.3 Å². The van der Waals surface area contributed by atoms with E-state index < -0.39 is 5.82 Å². The zero-order valence-corrected chi connectivity index (χ0v) is 19.0. The van der Waals surface area contributed by atoms with Crippen molar-refractivity contribution in [3.05, 3.63) is 35.4 Å². The molecule has 1 aromatic carbocycles. The number of anilines is 2. The third-order valence-corrected chi connectivity index (χ3v) is 6.05. The number of likely N-dealkylation sites (tertiary alicyclic amines) is 1. The summed E-state index contributed by atoms with van der Waals surface area (Å²) in [6, 6.07) is 4.25. The minimum absolute atomic E-state index is 0.122. The van der Waals surface area contributed by atoms with E-state index in [4.69, 9.17) is 4.74 Å². The Morgan fingerprint density at radius 1 is 1.28 bits per heavy atom. The standard InChI is InChI=1S/C22H27FN6O2S/c1-14(2)31-17-12-15(23)6-7-16(17)27-19-18-21(26-13-25-19)32-22(28-18)20(30)24-8-5-11-29-9-3-4-10-29/h6-7,12-14H,3-5,8-11H2,1-2H3,(H,24,30)(H,25,26,27). The second-order valence-corrected chi connectivity index (χ2v) is 8.96. The highest BCUT2D eigenvalue weighted by Crippen LogP contribution is 2.32. The molecule has 1 aliphatic rings. The fourth-order valence-electron chi connectivity index (χ4n) is 3.61. The van der Waals surface area contributed by atoms with E-state index in [0.717, 1.165) is 26.1 Å². The highest BCUT2D eigenvalue weighted by molar-refractivity contribution is 7.19. The molecule has 8 nitrogen and oxygen atoms in total. The van der Waals surface area contributed by atoms with E-state index in [1.807, 2.05) is 13.8 Å². The quantitative estimate of drug-likeness (QED) is 0.469. The number of carbonyl (C=O) groups excluding carboxylic acids is 1. The lowest BCUT2D eigenvalue weighted by molar-refractivity contribution is 0.0952. The first kappa shape index (κ1) is 22.3. The van der Waals surface area contributed by atoms with Crippen LogP contribution in [0.1, 0.15) is 42.9 Å². The predicted octanol–water partition coefficient (Wildman–Crippen LogP) is 3.97. The van der Waals surface area contributed by atoms with Gasteiger partial charge in [0.2, 0.25) is 0 Å². The Labute approximate surface area is 190 Å². The summed E-state index contributed by atoms with van der Waals surface area (Å²) in [5.74, 6) is 0.194. The third-order valence-electron chi connectivity index (χ3n) is 5.08. The summed E-state index contributed by atoms with van der Waals surface area (Å²) in [7, 11) is 0. The molecule has 0 saturated carbocycles. The van der Waals surface area contributed by atoms with Crippen LogP contribution in [0.2, 0.25) is 0 Å². The van der Waals surface area contributed by atoms with Gasteiger partial charge in [-0.1, -0.05) is 11.3 Å². The van der Waals surface area contributed by atoms with E-state index in [9.17, 15) is 9.18 Å². The Bertz CT molecular complexity index is 1080. The monoisotopic (exact) mass is 458 g/mol. The van der Waals surface area contributed by atoms with Crippen LogP contribution in [-0.2, 0) is 0 Å². The van der Waals surface area contributed by atoms with Crippen LogP contribution in [0.4, 0.5) is 15.9 Å². The Hall–Kier alpha value is -2.85. The van der Waals surface area contributed by atoms with Crippen LogP contribution in [0.15, 0.2) is 24.5 Å². The summed E-state index contributed by atoms with van der Waals surface area (Å²) < 4.78 is 19.4. The lowest BCUT2D eigenvalue weighted by atomic mass is 10.2. The maximum Gasteiger partial charge on any atom is 0.280 e. The molecule has 3 heterocycles. The fraction of sp³-hybridized carbons (Fsp3) is 0.455. The van der Waals surface area contributed by atoms with E-state index in [0.29, 0.717) is 39.2 Å². The van der Waals surface area contributed by atoms with Crippen LogP contribution in [0.5, 0.6) is 5.75 Å². The van der Waals surface area contributed by atoms with Gasteiger partial charge in [-0.15, -0.1) is 0 Å². The molecular formula is C22H27FN6O2S. The molecule has 1 saturated heterocycles. The summed E-state index contributed by atoms with van der Waals surface area (Å²) >= 11 is 1.21. The summed E-state index contributed by atoms with van der Waals surface area (Å²) in [5.41, 5.74) is 1.04. The number of hydrogen-bond acceptors (Lipinski definition) is 8. The lowest BCUT2D eigenvalue weighted by Gasteiger charge is -2.15. The van der Waals surface area contributed by atoms with Gasteiger partial charge in [0.05, 0.1) is 11.8 Å². The topological polar surface area (TPSA) is 92.3 Å². The summed E-state index contributed by atoms with van der Waals surface area (Å²) in [6.07, 6.45) is 4.72. The normalized spacial score (nSPS) is 14.2. The number of nitrogens with one attached hydrogen (secondary N) is 2. The number of ether oxygens (including phenoxy) is 1. The van der Waals surface area contributed by atoms with Crippen molar-refractivity contribution < 1.29 is 13.9 Å². The molecule has 1 amide bonds. The number of carbonyl (C=O) groups is 1. The van der Waals surface area contributed by atoms with Crippen molar-refractivity contribution in [1.82, 2.24) is 25.2 Å². The number of halogens is 1. The maximum atomic E-state index is 13.7. The molecule has 0 unspecified atom stereocenters. The number of fused-ring (bicyclic) bond motifs is 1. The number of aromatic nitrogens is 3. The number of thiazole rings is 1. The second kappa shape index (κ2) is 10.2. The molecule has 3 aromatic rings. The second-order valence-electron chi connectivity index (χ2n) is 7.99. The first-order valence-corrected chi connectivity index (χ1v) is 11.7. The van der Waals surface area contributed by atoms with Crippen molar-refractivity contribution in [1.29, 1.82) is 0 Å². The van der Waals surface area contributed by atoms with Crippen molar-refractivity contribution in [3.8, 4) is 5.75 Å². The van der Waals surface area contributed by atoms with Crippen molar-refractivity contribution in [2.75, 3.05) is 31.5 Å². The number of amides is 1. The third kappa shape index (κ3) is 5.49. The molecule has 0 radical (unpaired) electrons. The molecule has 32 heavy (non-hydrogen) atoms. The highest BCUT2D eigenvalue weighted by atomic mass is 32.1. The van der Waals surface area contributed by atoms with Crippen LogP contribution >= 0.6 is 11.3 Å². The maximum absolute atomic E-state index is 13.7. The van der Waals surface area contributed by atoms with Gasteiger partial charge >= 0.3 is 0 Å².